The lowest BCUT2D eigenvalue weighted by Crippen LogP contribution is -2.49. The van der Waals surface area contributed by atoms with E-state index in [1.54, 1.807) is 43.8 Å². The number of amides is 2. The number of aryl methyl sites for hydroxylation is 2. The van der Waals surface area contributed by atoms with Crippen molar-refractivity contribution in [2.75, 3.05) is 18.6 Å². The number of carbonyl (C=O) groups is 2. The Morgan fingerprint density at radius 3 is 2.67 bits per heavy atom. The maximum absolute atomic E-state index is 13.1. The Morgan fingerprint density at radius 2 is 1.97 bits per heavy atom. The van der Waals surface area contributed by atoms with E-state index in [0.29, 0.717) is 23.5 Å². The van der Waals surface area contributed by atoms with Crippen LogP contribution in [-0.2, 0) is 11.3 Å². The predicted molar refractivity (Wildman–Crippen MR) is 135 cm³/mol. The van der Waals surface area contributed by atoms with Crippen LogP contribution < -0.4 is 15.0 Å². The highest BCUT2D eigenvalue weighted by Crippen LogP contribution is 2.31. The minimum absolute atomic E-state index is 0.0253. The lowest BCUT2D eigenvalue weighted by atomic mass is 10.0. The highest BCUT2D eigenvalue weighted by atomic mass is 16.5. The molecule has 9 heteroatoms. The molecule has 186 valence electrons. The third-order valence-corrected chi connectivity index (χ3v) is 5.88. The maximum Gasteiger partial charge on any atom is 0.291 e. The average Bonchev–Trinajstić information content (AvgIpc) is 3.26. The van der Waals surface area contributed by atoms with Crippen molar-refractivity contribution in [1.29, 1.82) is 0 Å². The van der Waals surface area contributed by atoms with Gasteiger partial charge >= 0.3 is 0 Å². The maximum atomic E-state index is 13.1. The molecule has 0 radical (unpaired) electrons. The van der Waals surface area contributed by atoms with Gasteiger partial charge in [0.1, 0.15) is 30.3 Å². The smallest absolute Gasteiger partial charge is 0.291 e. The van der Waals surface area contributed by atoms with Crippen molar-refractivity contribution in [3.05, 3.63) is 70.8 Å². The molecule has 1 atom stereocenters. The van der Waals surface area contributed by atoms with E-state index in [1.165, 1.54) is 11.2 Å². The van der Waals surface area contributed by atoms with E-state index < -0.39 is 17.6 Å². The lowest BCUT2D eigenvalue weighted by Gasteiger charge is -2.20. The molecule has 0 bridgehead atoms. The first-order chi connectivity index (χ1) is 17.0. The van der Waals surface area contributed by atoms with E-state index in [2.05, 4.69) is 27.2 Å². The zero-order chi connectivity index (χ0) is 26.0. The molecule has 1 aliphatic rings. The van der Waals surface area contributed by atoms with E-state index in [9.17, 15) is 14.7 Å². The Morgan fingerprint density at radius 1 is 1.25 bits per heavy atom. The number of hydrogen-bond donors (Lipinski definition) is 2. The molecule has 36 heavy (non-hydrogen) atoms. The second-order valence-corrected chi connectivity index (χ2v) is 9.36. The normalized spacial score (nSPS) is 15.3. The number of rotatable bonds is 4. The molecule has 0 saturated heterocycles. The monoisotopic (exact) mass is 487 g/mol. The van der Waals surface area contributed by atoms with Crippen LogP contribution in [0.1, 0.15) is 46.7 Å². The zero-order valence-electron chi connectivity index (χ0n) is 21.0. The van der Waals surface area contributed by atoms with Crippen LogP contribution in [0.5, 0.6) is 5.75 Å². The number of aromatic nitrogens is 3. The SMILES string of the molecule is Cc1cccc(C)c1Cn1cnc(C(=O)N[C@H]2COc3ccc(C#CC(C)(C)O)cc3N(C)C2=O)n1. The van der Waals surface area contributed by atoms with Gasteiger partial charge in [-0.15, -0.1) is 5.10 Å². The Hall–Kier alpha value is -4.16. The zero-order valence-corrected chi connectivity index (χ0v) is 21.0. The van der Waals surface area contributed by atoms with Crippen molar-refractivity contribution in [3.63, 3.8) is 0 Å². The van der Waals surface area contributed by atoms with E-state index in [1.807, 2.05) is 32.0 Å². The summed E-state index contributed by atoms with van der Waals surface area (Å²) in [6.45, 7) is 7.69. The van der Waals surface area contributed by atoms with Gasteiger partial charge in [0, 0.05) is 12.6 Å². The molecule has 4 rings (SSSR count). The summed E-state index contributed by atoms with van der Waals surface area (Å²) in [6, 6.07) is 10.3. The van der Waals surface area contributed by atoms with E-state index in [4.69, 9.17) is 4.74 Å². The van der Waals surface area contributed by atoms with Crippen LogP contribution in [-0.4, -0.2) is 57.0 Å². The first kappa shape index (κ1) is 24.9. The molecule has 0 spiro atoms. The third kappa shape index (κ3) is 5.56. The summed E-state index contributed by atoms with van der Waals surface area (Å²) in [4.78, 5) is 31.6. The van der Waals surface area contributed by atoms with Gasteiger partial charge in [-0.2, -0.15) is 0 Å². The molecule has 1 aromatic heterocycles. The molecule has 1 aliphatic heterocycles. The Bertz CT molecular complexity index is 1360. The van der Waals surface area contributed by atoms with Crippen molar-refractivity contribution >= 4 is 17.5 Å². The first-order valence-electron chi connectivity index (χ1n) is 11.6. The van der Waals surface area contributed by atoms with Crippen molar-refractivity contribution in [2.45, 2.75) is 45.9 Å². The lowest BCUT2D eigenvalue weighted by molar-refractivity contribution is -0.120. The molecule has 0 fully saturated rings. The van der Waals surface area contributed by atoms with Crippen LogP contribution in [0.4, 0.5) is 5.69 Å². The number of ether oxygens (including phenoxy) is 1. The molecule has 9 nitrogen and oxygen atoms in total. The van der Waals surface area contributed by atoms with Crippen molar-refractivity contribution in [3.8, 4) is 17.6 Å². The first-order valence-corrected chi connectivity index (χ1v) is 11.6. The Balaban J connectivity index is 1.47. The number of benzene rings is 2. The number of aliphatic hydroxyl groups is 1. The minimum atomic E-state index is -1.14. The van der Waals surface area contributed by atoms with Crippen LogP contribution in [0.2, 0.25) is 0 Å². The summed E-state index contributed by atoms with van der Waals surface area (Å²) in [5.41, 5.74) is 3.40. The van der Waals surface area contributed by atoms with Gasteiger partial charge < -0.3 is 20.1 Å². The second-order valence-electron chi connectivity index (χ2n) is 9.36. The molecule has 2 amide bonds. The Labute approximate surface area is 210 Å². The summed E-state index contributed by atoms with van der Waals surface area (Å²) in [7, 11) is 1.61. The van der Waals surface area contributed by atoms with Gasteiger partial charge in [-0.3, -0.25) is 9.59 Å². The van der Waals surface area contributed by atoms with E-state index >= 15 is 0 Å². The Kier molecular flexibility index (Phi) is 6.82. The number of nitrogens with one attached hydrogen (secondary N) is 1. The van der Waals surface area contributed by atoms with Crippen molar-refractivity contribution < 1.29 is 19.4 Å². The molecular formula is C27H29N5O4. The fraction of sp³-hybridized carbons (Fsp3) is 0.333. The number of hydrogen-bond acceptors (Lipinski definition) is 6. The second kappa shape index (κ2) is 9.84. The van der Waals surface area contributed by atoms with Gasteiger partial charge in [0.05, 0.1) is 12.2 Å². The summed E-state index contributed by atoms with van der Waals surface area (Å²) in [5.74, 6) is 5.21. The summed E-state index contributed by atoms with van der Waals surface area (Å²) in [5, 5.41) is 16.9. The van der Waals surface area contributed by atoms with E-state index in [0.717, 1.165) is 16.7 Å². The fourth-order valence-corrected chi connectivity index (χ4v) is 3.86. The molecule has 0 saturated carbocycles. The number of carbonyl (C=O) groups excluding carboxylic acids is 2. The van der Waals surface area contributed by atoms with Gasteiger partial charge in [0.2, 0.25) is 5.82 Å². The van der Waals surface area contributed by atoms with Crippen LogP contribution in [0.25, 0.3) is 0 Å². The van der Waals surface area contributed by atoms with Crippen LogP contribution >= 0.6 is 0 Å². The predicted octanol–water partition coefficient (Wildman–Crippen LogP) is 2.22. The van der Waals surface area contributed by atoms with Gasteiger partial charge in [-0.05, 0) is 62.6 Å². The van der Waals surface area contributed by atoms with Gasteiger partial charge in [0.25, 0.3) is 11.8 Å². The largest absolute Gasteiger partial charge is 0.489 e. The molecular weight excluding hydrogens is 458 g/mol. The van der Waals surface area contributed by atoms with Gasteiger partial charge in [-0.1, -0.05) is 30.0 Å². The number of nitrogens with zero attached hydrogens (tertiary/aromatic N) is 4. The van der Waals surface area contributed by atoms with Crippen molar-refractivity contribution in [1.82, 2.24) is 20.1 Å². The highest BCUT2D eigenvalue weighted by Gasteiger charge is 2.31. The molecule has 2 aromatic carbocycles. The quantitative estimate of drug-likeness (QED) is 0.546. The number of fused-ring (bicyclic) bond motifs is 1. The summed E-state index contributed by atoms with van der Waals surface area (Å²) >= 11 is 0. The molecule has 0 unspecified atom stereocenters. The van der Waals surface area contributed by atoms with E-state index in [-0.39, 0.29) is 18.3 Å². The van der Waals surface area contributed by atoms with Crippen LogP contribution in [0, 0.1) is 25.7 Å². The summed E-state index contributed by atoms with van der Waals surface area (Å²) in [6.07, 6.45) is 1.50. The fourth-order valence-electron chi connectivity index (χ4n) is 3.86. The number of likely N-dealkylation sites (N-methyl/N-ethyl adjacent to an activating group) is 1. The molecule has 2 heterocycles. The molecule has 3 aromatic rings. The van der Waals surface area contributed by atoms with Gasteiger partial charge in [0.15, 0.2) is 0 Å². The van der Waals surface area contributed by atoms with Crippen LogP contribution in [0.15, 0.2) is 42.7 Å². The topological polar surface area (TPSA) is 110 Å². The highest BCUT2D eigenvalue weighted by molar-refractivity contribution is 6.02. The molecule has 2 N–H and O–H groups in total. The summed E-state index contributed by atoms with van der Waals surface area (Å²) < 4.78 is 7.43. The van der Waals surface area contributed by atoms with Crippen molar-refractivity contribution in [2.24, 2.45) is 0 Å². The average molecular weight is 488 g/mol. The third-order valence-electron chi connectivity index (χ3n) is 5.88. The number of anilines is 1. The standard InChI is InChI=1S/C27H29N5O4/c1-17-7-6-8-18(2)20(17)14-32-16-28-24(30-32)25(33)29-21-15-36-23-10-9-19(11-12-27(3,4)35)13-22(23)31(5)26(21)34/h6-10,13,16,21,35H,14-15H2,1-5H3,(H,29,33)/t21-/m0/s1. The molecule has 0 aliphatic carbocycles. The van der Waals surface area contributed by atoms with Crippen LogP contribution in [0.3, 0.4) is 0 Å². The van der Waals surface area contributed by atoms with Gasteiger partial charge in [-0.25, -0.2) is 9.67 Å². The minimum Gasteiger partial charge on any atom is -0.489 e.